The van der Waals surface area contributed by atoms with Crippen molar-refractivity contribution in [3.63, 3.8) is 0 Å². The molecule has 2 aromatic carbocycles. The molecule has 1 fully saturated rings. The van der Waals surface area contributed by atoms with Crippen LogP contribution in [0.25, 0.3) is 11.2 Å². The molecule has 13 heteroatoms. The van der Waals surface area contributed by atoms with E-state index in [9.17, 15) is 24.3 Å². The van der Waals surface area contributed by atoms with Crippen LogP contribution < -0.4 is 10.9 Å². The largest absolute Gasteiger partial charge is 0.459 e. The predicted molar refractivity (Wildman–Crippen MR) is 135 cm³/mol. The number of hydrogen-bond donors (Lipinski definition) is 3. The van der Waals surface area contributed by atoms with Gasteiger partial charge >= 0.3 is 11.9 Å². The first-order valence-corrected chi connectivity index (χ1v) is 11.9. The maximum Gasteiger partial charge on any atom is 0.338 e. The Balaban J connectivity index is 1.44. The Bertz CT molecular complexity index is 1570. The molecule has 1 aliphatic heterocycles. The fourth-order valence-corrected chi connectivity index (χ4v) is 4.15. The van der Waals surface area contributed by atoms with Gasteiger partial charge in [-0.05, 0) is 24.3 Å². The second-order valence-corrected chi connectivity index (χ2v) is 8.68. The maximum atomic E-state index is 12.8. The summed E-state index contributed by atoms with van der Waals surface area (Å²) in [5.41, 5.74) is -0.150. The topological polar surface area (TPSA) is 175 Å². The number of carbonyl (C=O) groups is 3. The van der Waals surface area contributed by atoms with Gasteiger partial charge in [-0.1, -0.05) is 36.4 Å². The number of imidazole rings is 1. The summed E-state index contributed by atoms with van der Waals surface area (Å²) in [5.74, 6) is -1.95. The lowest BCUT2D eigenvalue weighted by Crippen LogP contribution is -2.38. The number of rotatable bonds is 7. The van der Waals surface area contributed by atoms with Crippen LogP contribution in [0.4, 0.5) is 5.95 Å². The number of nitrogens with zero attached hydrogens (tertiary/aromatic N) is 3. The van der Waals surface area contributed by atoms with E-state index in [4.69, 9.17) is 14.2 Å². The molecular formula is C26H23N5O8. The molecule has 200 valence electrons. The minimum absolute atomic E-state index is 0.00150. The molecule has 1 aliphatic rings. The summed E-state index contributed by atoms with van der Waals surface area (Å²) in [6, 6.07) is 16.4. The van der Waals surface area contributed by atoms with E-state index < -0.39 is 47.9 Å². The van der Waals surface area contributed by atoms with E-state index in [1.165, 1.54) is 17.8 Å². The molecule has 2 aromatic heterocycles. The lowest BCUT2D eigenvalue weighted by Gasteiger charge is -2.20. The zero-order valence-corrected chi connectivity index (χ0v) is 20.5. The van der Waals surface area contributed by atoms with Gasteiger partial charge in [-0.2, -0.15) is 4.98 Å². The number of ether oxygens (including phenoxy) is 3. The second kappa shape index (κ2) is 10.8. The third-order valence-electron chi connectivity index (χ3n) is 5.95. The zero-order chi connectivity index (χ0) is 27.5. The van der Waals surface area contributed by atoms with Crippen LogP contribution in [0.15, 0.2) is 71.8 Å². The summed E-state index contributed by atoms with van der Waals surface area (Å²) in [4.78, 5) is 60.0. The Hall–Kier alpha value is -4.88. The van der Waals surface area contributed by atoms with Crippen LogP contribution in [-0.4, -0.2) is 67.4 Å². The number of benzene rings is 2. The fraction of sp³-hybridized carbons (Fsp3) is 0.231. The Labute approximate surface area is 220 Å². The summed E-state index contributed by atoms with van der Waals surface area (Å²) < 4.78 is 18.3. The first-order chi connectivity index (χ1) is 18.8. The molecule has 0 saturated carbocycles. The summed E-state index contributed by atoms with van der Waals surface area (Å²) >= 11 is 0. The van der Waals surface area contributed by atoms with Crippen LogP contribution >= 0.6 is 0 Å². The SMILES string of the molecule is CC(=O)Nc1nc2c(ncn2[C@H]2O[C@@H](COC(=O)c3ccccc3)[C@@H](OC(=O)c3ccccc3)[C@@H]2O)c(=O)[nH]1. The van der Waals surface area contributed by atoms with E-state index in [1.807, 2.05) is 0 Å². The number of amides is 1. The molecular weight excluding hydrogens is 510 g/mol. The van der Waals surface area contributed by atoms with Gasteiger partial charge in [0.1, 0.15) is 18.8 Å². The van der Waals surface area contributed by atoms with Crippen LogP contribution in [0, 0.1) is 0 Å². The highest BCUT2D eigenvalue weighted by Gasteiger charge is 2.48. The quantitative estimate of drug-likeness (QED) is 0.295. The molecule has 39 heavy (non-hydrogen) atoms. The van der Waals surface area contributed by atoms with Crippen LogP contribution in [-0.2, 0) is 19.0 Å². The van der Waals surface area contributed by atoms with E-state index in [0.29, 0.717) is 5.56 Å². The highest BCUT2D eigenvalue weighted by atomic mass is 16.6. The Morgan fingerprint density at radius 2 is 1.69 bits per heavy atom. The van der Waals surface area contributed by atoms with E-state index >= 15 is 0 Å². The van der Waals surface area contributed by atoms with Crippen LogP contribution in [0.3, 0.4) is 0 Å². The van der Waals surface area contributed by atoms with Gasteiger partial charge in [0.25, 0.3) is 5.56 Å². The highest BCUT2D eigenvalue weighted by Crippen LogP contribution is 2.34. The van der Waals surface area contributed by atoms with Gasteiger partial charge in [0, 0.05) is 6.92 Å². The lowest BCUT2D eigenvalue weighted by molar-refractivity contribution is -0.114. The molecule has 0 bridgehead atoms. The van der Waals surface area contributed by atoms with E-state index in [0.717, 1.165) is 0 Å². The normalized spacial score (nSPS) is 20.5. The van der Waals surface area contributed by atoms with Gasteiger partial charge in [-0.15, -0.1) is 0 Å². The van der Waals surface area contributed by atoms with Crippen molar-refractivity contribution >= 4 is 35.0 Å². The van der Waals surface area contributed by atoms with Gasteiger partial charge in [0.2, 0.25) is 11.9 Å². The molecule has 13 nitrogen and oxygen atoms in total. The number of nitrogens with one attached hydrogen (secondary N) is 2. The number of hydrogen-bond acceptors (Lipinski definition) is 10. The molecule has 1 amide bonds. The molecule has 4 atom stereocenters. The summed E-state index contributed by atoms with van der Waals surface area (Å²) in [6.45, 7) is 0.893. The fourth-order valence-electron chi connectivity index (χ4n) is 4.15. The number of esters is 2. The first kappa shape index (κ1) is 25.8. The van der Waals surface area contributed by atoms with Crippen LogP contribution in [0.2, 0.25) is 0 Å². The predicted octanol–water partition coefficient (Wildman–Crippen LogP) is 1.42. The summed E-state index contributed by atoms with van der Waals surface area (Å²) in [7, 11) is 0. The number of H-pyrrole nitrogens is 1. The number of aliphatic hydroxyl groups is 1. The standard InChI is InChI=1S/C26H23N5O8/c1-14(32)28-26-29-21-18(22(34)30-26)27-13-31(21)23-19(33)20(39-25(36)16-10-6-3-7-11-16)17(38-23)12-37-24(35)15-8-4-2-5-9-15/h2-11,13,17,19-20,23,33H,12H2,1H3,(H2,28,29,30,32,34)/t17-,19-,20+,23-/m0/s1. The molecule has 4 aromatic rings. The third-order valence-corrected chi connectivity index (χ3v) is 5.95. The van der Waals surface area contributed by atoms with Crippen molar-refractivity contribution in [2.75, 3.05) is 11.9 Å². The number of aliphatic hydroxyl groups excluding tert-OH is 1. The molecule has 0 radical (unpaired) electrons. The molecule has 1 saturated heterocycles. The average molecular weight is 533 g/mol. The van der Waals surface area contributed by atoms with Crippen molar-refractivity contribution < 1.29 is 33.7 Å². The smallest absolute Gasteiger partial charge is 0.338 e. The van der Waals surface area contributed by atoms with Crippen molar-refractivity contribution in [3.05, 3.63) is 88.5 Å². The minimum Gasteiger partial charge on any atom is -0.459 e. The van der Waals surface area contributed by atoms with Crippen LogP contribution in [0.1, 0.15) is 33.9 Å². The number of fused-ring (bicyclic) bond motifs is 1. The highest BCUT2D eigenvalue weighted by molar-refractivity contribution is 5.90. The summed E-state index contributed by atoms with van der Waals surface area (Å²) in [6.07, 6.45) is -3.82. The second-order valence-electron chi connectivity index (χ2n) is 8.68. The minimum atomic E-state index is -1.47. The van der Waals surface area contributed by atoms with Crippen molar-refractivity contribution in [1.29, 1.82) is 0 Å². The van der Waals surface area contributed by atoms with Gasteiger partial charge < -0.3 is 19.3 Å². The molecule has 0 aliphatic carbocycles. The number of aromatic amines is 1. The van der Waals surface area contributed by atoms with E-state index in [1.54, 1.807) is 60.7 Å². The first-order valence-electron chi connectivity index (χ1n) is 11.9. The third kappa shape index (κ3) is 5.39. The Morgan fingerprint density at radius 3 is 2.33 bits per heavy atom. The van der Waals surface area contributed by atoms with Crippen molar-refractivity contribution in [2.24, 2.45) is 0 Å². The zero-order valence-electron chi connectivity index (χ0n) is 20.5. The number of anilines is 1. The van der Waals surface area contributed by atoms with Crippen molar-refractivity contribution in [1.82, 2.24) is 19.5 Å². The van der Waals surface area contributed by atoms with Gasteiger partial charge in [-0.3, -0.25) is 24.5 Å². The Morgan fingerprint density at radius 1 is 1.05 bits per heavy atom. The number of carbonyl (C=O) groups excluding carboxylic acids is 3. The van der Waals surface area contributed by atoms with E-state index in [2.05, 4.69) is 20.3 Å². The molecule has 3 heterocycles. The average Bonchev–Trinajstić information content (AvgIpc) is 3.49. The maximum absolute atomic E-state index is 12.8. The molecule has 0 spiro atoms. The molecule has 5 rings (SSSR count). The van der Waals surface area contributed by atoms with Crippen LogP contribution in [0.5, 0.6) is 0 Å². The van der Waals surface area contributed by atoms with Gasteiger partial charge in [-0.25, -0.2) is 14.6 Å². The van der Waals surface area contributed by atoms with Gasteiger partial charge in [0.15, 0.2) is 23.5 Å². The van der Waals surface area contributed by atoms with Crippen molar-refractivity contribution in [3.8, 4) is 0 Å². The van der Waals surface area contributed by atoms with Crippen molar-refractivity contribution in [2.45, 2.75) is 31.5 Å². The number of aromatic nitrogens is 4. The monoisotopic (exact) mass is 533 g/mol. The summed E-state index contributed by atoms with van der Waals surface area (Å²) in [5, 5.41) is 13.6. The van der Waals surface area contributed by atoms with Gasteiger partial charge in [0.05, 0.1) is 17.5 Å². The van der Waals surface area contributed by atoms with E-state index in [-0.39, 0.29) is 29.3 Å². The Kier molecular flexibility index (Phi) is 7.17. The lowest BCUT2D eigenvalue weighted by atomic mass is 10.1. The molecule has 3 N–H and O–H groups in total. The molecule has 0 unspecified atom stereocenters.